The summed E-state index contributed by atoms with van der Waals surface area (Å²) < 4.78 is 11.5. The van der Waals surface area contributed by atoms with E-state index in [9.17, 15) is 51.7 Å². The predicted octanol–water partition coefficient (Wildman–Crippen LogP) is 5.27. The van der Waals surface area contributed by atoms with Gasteiger partial charge in [-0.1, -0.05) is 60.7 Å². The number of hydrogen-bond acceptors (Lipinski definition) is 12. The van der Waals surface area contributed by atoms with E-state index in [0.717, 1.165) is 0 Å². The van der Waals surface area contributed by atoms with Gasteiger partial charge in [0.1, 0.15) is 83.1 Å². The number of carbonyl (C=O) groups is 2. The van der Waals surface area contributed by atoms with Gasteiger partial charge in [-0.2, -0.15) is 42.1 Å². The van der Waals surface area contributed by atoms with Crippen LogP contribution in [-0.2, 0) is 9.47 Å². The van der Waals surface area contributed by atoms with Crippen LogP contribution in [0.1, 0.15) is 41.0 Å². The van der Waals surface area contributed by atoms with E-state index in [-0.39, 0.29) is 61.0 Å². The van der Waals surface area contributed by atoms with Gasteiger partial charge < -0.3 is 9.47 Å². The minimum absolute atomic E-state index is 0.0557. The molecule has 0 aliphatic carbocycles. The number of fused-ring (bicyclic) bond motifs is 4. The van der Waals surface area contributed by atoms with Crippen LogP contribution in [-0.4, -0.2) is 24.1 Å². The maximum atomic E-state index is 13.5. The molecule has 0 N–H and O–H groups in total. The van der Waals surface area contributed by atoms with E-state index in [0.29, 0.717) is 42.8 Å². The molecule has 0 aliphatic rings. The summed E-state index contributed by atoms with van der Waals surface area (Å²) in [6.07, 6.45) is -1.53. The third-order valence-electron chi connectivity index (χ3n) is 9.69. The largest absolute Gasteiger partial charge is 0.459 e. The van der Waals surface area contributed by atoms with Crippen LogP contribution in [0.2, 0.25) is 0 Å². The Bertz CT molecular complexity index is 3200. The molecule has 0 bridgehead atoms. The van der Waals surface area contributed by atoms with E-state index in [4.69, 9.17) is 9.47 Å². The molecule has 59 heavy (non-hydrogen) atoms. The Balaban J connectivity index is 1.33. The number of benzene rings is 6. The van der Waals surface area contributed by atoms with Crippen LogP contribution in [0.4, 0.5) is 0 Å². The van der Waals surface area contributed by atoms with Crippen LogP contribution >= 0.6 is 0 Å². The molecule has 0 spiro atoms. The van der Waals surface area contributed by atoms with Crippen LogP contribution in [0.3, 0.4) is 0 Å². The first-order chi connectivity index (χ1) is 28.6. The molecule has 6 aromatic carbocycles. The van der Waals surface area contributed by atoms with Crippen molar-refractivity contribution in [1.29, 1.82) is 42.1 Å². The Hall–Kier alpha value is -9.30. The number of hydrogen-bond donors (Lipinski definition) is 0. The van der Waals surface area contributed by atoms with Crippen LogP contribution in [0.5, 0.6) is 0 Å². The van der Waals surface area contributed by atoms with E-state index in [1.165, 1.54) is 36.4 Å². The SMILES string of the molecule is C[C@H](C[C@@H](C)OC(=O)c1ccc2c(=C(C#N)C#N)c3ccccc3c(=C(C#N)C#N)c2c1)OC(=O)c1ccc2c(=C(C#N)C#N)c3ccccc3c(=C(C#N)C#N)c2c1. The van der Waals surface area contributed by atoms with Crippen molar-refractivity contribution < 1.29 is 19.1 Å². The minimum atomic E-state index is -0.795. The Kier molecular flexibility index (Phi) is 11.1. The molecule has 0 radical (unpaired) electrons. The van der Waals surface area contributed by atoms with Gasteiger partial charge >= 0.3 is 11.9 Å². The monoisotopic (exact) mass is 764 g/mol. The summed E-state index contributed by atoms with van der Waals surface area (Å²) in [5.74, 6) is -1.53. The molecule has 0 aliphatic heterocycles. The highest BCUT2D eigenvalue weighted by Gasteiger charge is 2.22. The van der Waals surface area contributed by atoms with Gasteiger partial charge in [-0.15, -0.1) is 0 Å². The van der Waals surface area contributed by atoms with Gasteiger partial charge in [0.05, 0.1) is 11.1 Å². The zero-order valence-corrected chi connectivity index (χ0v) is 31.2. The van der Waals surface area contributed by atoms with Crippen LogP contribution in [0, 0.1) is 90.6 Å². The van der Waals surface area contributed by atoms with Gasteiger partial charge in [-0.05, 0) is 81.2 Å². The summed E-state index contributed by atoms with van der Waals surface area (Å²) in [5, 5.41) is 82.9. The van der Waals surface area contributed by atoms with Gasteiger partial charge in [0.2, 0.25) is 0 Å². The van der Waals surface area contributed by atoms with Crippen molar-refractivity contribution in [3.05, 3.63) is 117 Å². The third kappa shape index (κ3) is 7.05. The highest BCUT2D eigenvalue weighted by atomic mass is 16.6. The Morgan fingerprint density at radius 2 is 0.678 bits per heavy atom. The number of carbonyl (C=O) groups excluding carboxylic acids is 2. The lowest BCUT2D eigenvalue weighted by atomic mass is 9.92. The van der Waals surface area contributed by atoms with Crippen LogP contribution in [0.15, 0.2) is 84.9 Å². The summed E-state index contributed by atoms with van der Waals surface area (Å²) in [6, 6.07) is 37.6. The first kappa shape index (κ1) is 39.4. The number of esters is 2. The van der Waals surface area contributed by atoms with Gasteiger partial charge in [-0.25, -0.2) is 9.59 Å². The van der Waals surface area contributed by atoms with E-state index < -0.39 is 24.1 Å². The molecule has 6 aromatic rings. The van der Waals surface area contributed by atoms with Gasteiger partial charge in [-0.3, -0.25) is 0 Å². The van der Waals surface area contributed by atoms with Gasteiger partial charge in [0.15, 0.2) is 0 Å². The lowest BCUT2D eigenvalue weighted by molar-refractivity contribution is 0.00764. The molecule has 0 saturated heterocycles. The lowest BCUT2D eigenvalue weighted by Crippen LogP contribution is -2.24. The van der Waals surface area contributed by atoms with E-state index in [2.05, 4.69) is 0 Å². The van der Waals surface area contributed by atoms with Crippen molar-refractivity contribution in [1.82, 2.24) is 0 Å². The molecule has 0 heterocycles. The van der Waals surface area contributed by atoms with Crippen molar-refractivity contribution in [3.8, 4) is 48.6 Å². The Morgan fingerprint density at radius 1 is 0.424 bits per heavy atom. The second-order valence-corrected chi connectivity index (χ2v) is 13.2. The zero-order chi connectivity index (χ0) is 42.4. The summed E-state index contributed by atoms with van der Waals surface area (Å²) in [5.41, 5.74) is -0.747. The van der Waals surface area contributed by atoms with E-state index in [1.54, 1.807) is 62.4 Å². The van der Waals surface area contributed by atoms with Crippen molar-refractivity contribution in [2.45, 2.75) is 32.5 Å². The highest BCUT2D eigenvalue weighted by molar-refractivity contribution is 6.09. The first-order valence-electron chi connectivity index (χ1n) is 17.7. The van der Waals surface area contributed by atoms with Crippen LogP contribution in [0.25, 0.3) is 65.4 Å². The molecule has 0 aromatic heterocycles. The topological polar surface area (TPSA) is 243 Å². The summed E-state index contributed by atoms with van der Waals surface area (Å²) in [4.78, 5) is 27.1. The molecule has 0 amide bonds. The summed E-state index contributed by atoms with van der Waals surface area (Å²) in [6.45, 7) is 3.21. The maximum Gasteiger partial charge on any atom is 0.338 e. The first-order valence-corrected chi connectivity index (χ1v) is 17.7. The second-order valence-electron chi connectivity index (χ2n) is 13.2. The average Bonchev–Trinajstić information content (AvgIpc) is 3.25. The van der Waals surface area contributed by atoms with Crippen molar-refractivity contribution in [2.75, 3.05) is 0 Å². The van der Waals surface area contributed by atoms with Crippen molar-refractivity contribution >= 4 is 77.3 Å². The van der Waals surface area contributed by atoms with E-state index >= 15 is 0 Å². The third-order valence-corrected chi connectivity index (χ3v) is 9.69. The molecule has 0 unspecified atom stereocenters. The molecular formula is C47H24N8O4. The second kappa shape index (κ2) is 16.6. The molecule has 0 saturated carbocycles. The predicted molar refractivity (Wildman–Crippen MR) is 214 cm³/mol. The number of rotatable bonds is 6. The molecule has 276 valence electrons. The molecule has 2 atom stereocenters. The number of nitriles is 8. The number of ether oxygens (including phenoxy) is 2. The molecule has 0 fully saturated rings. The zero-order valence-electron chi connectivity index (χ0n) is 31.2. The molecule has 12 nitrogen and oxygen atoms in total. The average molecular weight is 765 g/mol. The molecule has 12 heteroatoms. The minimum Gasteiger partial charge on any atom is -0.459 e. The van der Waals surface area contributed by atoms with Crippen molar-refractivity contribution in [3.63, 3.8) is 0 Å². The summed E-state index contributed by atoms with van der Waals surface area (Å²) in [7, 11) is 0. The Labute approximate surface area is 335 Å². The number of nitrogens with zero attached hydrogens (tertiary/aromatic N) is 8. The standard InChI is InChI=1S/C47H24N8O4/c1-26(58-46(56)28-11-13-38-40(16-28)44(32(22-52)23-53)36-9-5-3-7-34(36)42(38)30(18-48)19-49)15-27(2)59-47(57)29-12-14-39-41(17-29)45(33(24-54)25-55)37-10-6-4-8-35(37)43(39)31(20-50)21-51/h3-14,16-17,26-27H,15H2,1-2H3/t26-,27-/m1/s1. The molecular weight excluding hydrogens is 741 g/mol. The molecule has 6 rings (SSSR count). The quantitative estimate of drug-likeness (QED) is 0.156. The fourth-order valence-electron chi connectivity index (χ4n) is 7.30. The maximum absolute atomic E-state index is 13.5. The fraction of sp³-hybridized carbons (Fsp3) is 0.106. The smallest absolute Gasteiger partial charge is 0.338 e. The van der Waals surface area contributed by atoms with Gasteiger partial charge in [0, 0.05) is 27.3 Å². The fourth-order valence-corrected chi connectivity index (χ4v) is 7.30. The lowest BCUT2D eigenvalue weighted by Gasteiger charge is -2.19. The Morgan fingerprint density at radius 3 is 0.949 bits per heavy atom. The van der Waals surface area contributed by atoms with E-state index in [1.807, 2.05) is 48.6 Å². The van der Waals surface area contributed by atoms with Gasteiger partial charge in [0.25, 0.3) is 0 Å². The van der Waals surface area contributed by atoms with Crippen molar-refractivity contribution in [2.24, 2.45) is 0 Å². The summed E-state index contributed by atoms with van der Waals surface area (Å²) >= 11 is 0. The highest BCUT2D eigenvalue weighted by Crippen LogP contribution is 2.22. The van der Waals surface area contributed by atoms with Crippen LogP contribution < -0.4 is 20.9 Å². The normalized spacial score (nSPS) is 11.2.